The fourth-order valence-electron chi connectivity index (χ4n) is 3.74. The molecule has 1 N–H and O–H groups in total. The molecular weight excluding hydrogens is 364 g/mol. The summed E-state index contributed by atoms with van der Waals surface area (Å²) >= 11 is 0. The fourth-order valence-corrected chi connectivity index (χ4v) is 3.74. The van der Waals surface area contributed by atoms with Gasteiger partial charge in [-0.25, -0.2) is 0 Å². The van der Waals surface area contributed by atoms with Gasteiger partial charge in [-0.3, -0.25) is 9.78 Å². The summed E-state index contributed by atoms with van der Waals surface area (Å²) in [7, 11) is 1.67. The van der Waals surface area contributed by atoms with Gasteiger partial charge >= 0.3 is 0 Å². The molecule has 3 aromatic rings. The lowest BCUT2D eigenvalue weighted by Gasteiger charge is -2.18. The number of pyridine rings is 1. The summed E-state index contributed by atoms with van der Waals surface area (Å²) < 4.78 is 7.32. The van der Waals surface area contributed by atoms with Crippen LogP contribution in [-0.4, -0.2) is 46.6 Å². The third-order valence-electron chi connectivity index (χ3n) is 5.37. The van der Waals surface area contributed by atoms with Crippen LogP contribution < -0.4 is 10.1 Å². The molecule has 0 bridgehead atoms. The van der Waals surface area contributed by atoms with Crippen molar-refractivity contribution in [2.75, 3.05) is 20.2 Å². The molecule has 1 amide bonds. The highest BCUT2D eigenvalue weighted by atomic mass is 16.5. The van der Waals surface area contributed by atoms with Crippen molar-refractivity contribution < 1.29 is 9.53 Å². The van der Waals surface area contributed by atoms with E-state index in [9.17, 15) is 4.79 Å². The second-order valence-corrected chi connectivity index (χ2v) is 7.30. The van der Waals surface area contributed by atoms with Crippen molar-refractivity contribution in [1.29, 1.82) is 0 Å². The average molecular weight is 390 g/mol. The van der Waals surface area contributed by atoms with E-state index >= 15 is 0 Å². The van der Waals surface area contributed by atoms with Crippen LogP contribution in [0.25, 0.3) is 5.69 Å². The molecule has 3 heterocycles. The summed E-state index contributed by atoms with van der Waals surface area (Å²) in [6.07, 6.45) is 7.07. The molecule has 0 saturated carbocycles. The van der Waals surface area contributed by atoms with Crippen molar-refractivity contribution >= 4 is 5.91 Å². The predicted molar refractivity (Wildman–Crippen MR) is 112 cm³/mol. The lowest BCUT2D eigenvalue weighted by atomic mass is 10.1. The Morgan fingerprint density at radius 1 is 1.17 bits per heavy atom. The van der Waals surface area contributed by atoms with E-state index in [0.717, 1.165) is 36.6 Å². The topological polar surface area (TPSA) is 59.4 Å². The van der Waals surface area contributed by atoms with E-state index in [2.05, 4.69) is 33.1 Å². The first-order valence-electron chi connectivity index (χ1n) is 9.93. The molecule has 4 rings (SSSR count). The van der Waals surface area contributed by atoms with Crippen molar-refractivity contribution in [1.82, 2.24) is 19.8 Å². The number of rotatable bonds is 8. The molecule has 1 aromatic carbocycles. The van der Waals surface area contributed by atoms with Crippen molar-refractivity contribution in [3.63, 3.8) is 0 Å². The molecule has 6 nitrogen and oxygen atoms in total. The summed E-state index contributed by atoms with van der Waals surface area (Å²) in [6.45, 7) is 2.21. The van der Waals surface area contributed by atoms with E-state index in [1.165, 1.54) is 5.56 Å². The highest BCUT2D eigenvalue weighted by Gasteiger charge is 2.28. The Kier molecular flexibility index (Phi) is 5.91. The molecule has 1 saturated heterocycles. The zero-order valence-electron chi connectivity index (χ0n) is 16.6. The van der Waals surface area contributed by atoms with E-state index in [4.69, 9.17) is 4.74 Å². The molecule has 1 unspecified atom stereocenters. The highest BCUT2D eigenvalue weighted by Crippen LogP contribution is 2.16. The molecule has 29 heavy (non-hydrogen) atoms. The van der Waals surface area contributed by atoms with Gasteiger partial charge in [-0.05, 0) is 48.4 Å². The van der Waals surface area contributed by atoms with Crippen LogP contribution in [-0.2, 0) is 17.8 Å². The van der Waals surface area contributed by atoms with Gasteiger partial charge in [0.1, 0.15) is 5.75 Å². The molecule has 0 aliphatic carbocycles. The van der Waals surface area contributed by atoms with Gasteiger partial charge in [0.05, 0.1) is 19.0 Å². The Labute approximate surface area is 171 Å². The maximum atomic E-state index is 12.4. The van der Waals surface area contributed by atoms with E-state index in [1.807, 2.05) is 47.6 Å². The van der Waals surface area contributed by atoms with Crippen LogP contribution in [0.2, 0.25) is 0 Å². The number of hydrogen-bond donors (Lipinski definition) is 1. The van der Waals surface area contributed by atoms with Crippen molar-refractivity contribution in [2.45, 2.75) is 25.4 Å². The van der Waals surface area contributed by atoms with E-state index in [-0.39, 0.29) is 11.9 Å². The molecular formula is C23H26N4O2. The molecule has 0 radical (unpaired) electrons. The Bertz CT molecular complexity index is 937. The normalized spacial score (nSPS) is 16.4. The molecule has 2 aromatic heterocycles. The van der Waals surface area contributed by atoms with Gasteiger partial charge in [0.25, 0.3) is 0 Å². The smallest absolute Gasteiger partial charge is 0.224 e. The number of ether oxygens (including phenoxy) is 1. The van der Waals surface area contributed by atoms with Crippen molar-refractivity contribution in [2.24, 2.45) is 0 Å². The molecule has 0 spiro atoms. The van der Waals surface area contributed by atoms with Gasteiger partial charge in [-0.15, -0.1) is 0 Å². The average Bonchev–Trinajstić information content (AvgIpc) is 3.38. The zero-order valence-corrected chi connectivity index (χ0v) is 16.6. The highest BCUT2D eigenvalue weighted by molar-refractivity contribution is 5.79. The second-order valence-electron chi connectivity index (χ2n) is 7.30. The minimum Gasteiger partial charge on any atom is -0.497 e. The van der Waals surface area contributed by atoms with Crippen molar-refractivity contribution in [3.8, 4) is 11.4 Å². The number of benzene rings is 1. The Hall–Kier alpha value is -3.12. The number of carbonyl (C=O) groups is 1. The summed E-state index contributed by atoms with van der Waals surface area (Å²) in [6, 6.07) is 16.3. The summed E-state index contributed by atoms with van der Waals surface area (Å²) in [5.41, 5.74) is 3.41. The van der Waals surface area contributed by atoms with Gasteiger partial charge in [0.2, 0.25) is 5.91 Å². The van der Waals surface area contributed by atoms with Crippen LogP contribution >= 0.6 is 0 Å². The van der Waals surface area contributed by atoms with Gasteiger partial charge in [-0.1, -0.05) is 12.1 Å². The number of likely N-dealkylation sites (tertiary alicyclic amines) is 1. The van der Waals surface area contributed by atoms with Crippen molar-refractivity contribution in [3.05, 3.63) is 78.4 Å². The number of carbonyl (C=O) groups excluding carboxylic acids is 1. The van der Waals surface area contributed by atoms with E-state index in [1.54, 1.807) is 13.3 Å². The first kappa shape index (κ1) is 19.2. The number of nitrogens with one attached hydrogen (secondary N) is 1. The van der Waals surface area contributed by atoms with Crippen LogP contribution in [0, 0.1) is 0 Å². The summed E-state index contributed by atoms with van der Waals surface area (Å²) in [5, 5.41) is 3.55. The zero-order chi connectivity index (χ0) is 20.1. The lowest BCUT2D eigenvalue weighted by molar-refractivity contribution is -0.127. The van der Waals surface area contributed by atoms with Crippen LogP contribution in [0.4, 0.5) is 0 Å². The van der Waals surface area contributed by atoms with Crippen LogP contribution in [0.1, 0.15) is 17.7 Å². The third kappa shape index (κ3) is 4.66. The molecule has 1 aliphatic heterocycles. The number of amides is 1. The molecule has 1 aliphatic rings. The number of nitrogens with zero attached hydrogens (tertiary/aromatic N) is 3. The Balaban J connectivity index is 1.29. The number of hydrogen-bond acceptors (Lipinski definition) is 4. The minimum atomic E-state index is 0.176. The number of methoxy groups -OCH3 is 1. The fraction of sp³-hybridized carbons (Fsp3) is 0.304. The minimum absolute atomic E-state index is 0.176. The summed E-state index contributed by atoms with van der Waals surface area (Å²) in [5.74, 6) is 1.07. The number of aromatic nitrogens is 2. The molecule has 6 heteroatoms. The van der Waals surface area contributed by atoms with Crippen LogP contribution in [0.15, 0.2) is 67.1 Å². The maximum Gasteiger partial charge on any atom is 0.224 e. The SMILES string of the molecule is COc1ccc(CCN2CC(NCc3cccn3-c3cccnc3)CC2=O)cc1. The van der Waals surface area contributed by atoms with E-state index < -0.39 is 0 Å². The molecule has 1 fully saturated rings. The molecule has 150 valence electrons. The third-order valence-corrected chi connectivity index (χ3v) is 5.37. The quantitative estimate of drug-likeness (QED) is 0.643. The van der Waals surface area contributed by atoms with Gasteiger partial charge < -0.3 is 19.5 Å². The second kappa shape index (κ2) is 8.92. The summed E-state index contributed by atoms with van der Waals surface area (Å²) in [4.78, 5) is 18.6. The van der Waals surface area contributed by atoms with Crippen LogP contribution in [0.5, 0.6) is 5.75 Å². The predicted octanol–water partition coefficient (Wildman–Crippen LogP) is 2.81. The molecule has 1 atom stereocenters. The first-order valence-corrected chi connectivity index (χ1v) is 9.93. The van der Waals surface area contributed by atoms with E-state index in [0.29, 0.717) is 13.0 Å². The largest absolute Gasteiger partial charge is 0.497 e. The first-order chi connectivity index (χ1) is 14.2. The Morgan fingerprint density at radius 2 is 2.03 bits per heavy atom. The van der Waals surface area contributed by atoms with Gasteiger partial charge in [-0.2, -0.15) is 0 Å². The van der Waals surface area contributed by atoms with Crippen LogP contribution in [0.3, 0.4) is 0 Å². The van der Waals surface area contributed by atoms with Gasteiger partial charge in [0.15, 0.2) is 0 Å². The maximum absolute atomic E-state index is 12.4. The lowest BCUT2D eigenvalue weighted by Crippen LogP contribution is -2.33. The Morgan fingerprint density at radius 3 is 2.79 bits per heavy atom. The standard InChI is InChI=1S/C23H26N4O2/c1-29-22-8-6-18(7-9-22)10-13-26-17-19(14-23(26)28)25-16-21-5-3-12-27(21)20-4-2-11-24-15-20/h2-9,11-12,15,19,25H,10,13-14,16-17H2,1H3. The van der Waals surface area contributed by atoms with Gasteiger partial charge in [0, 0.05) is 50.2 Å². The monoisotopic (exact) mass is 390 g/mol.